The van der Waals surface area contributed by atoms with Crippen LogP contribution in [0.5, 0.6) is 0 Å². The molecule has 1 aliphatic rings. The molecule has 1 aliphatic heterocycles. The van der Waals surface area contributed by atoms with Gasteiger partial charge in [-0.3, -0.25) is 9.69 Å². The van der Waals surface area contributed by atoms with Crippen molar-refractivity contribution in [1.29, 1.82) is 0 Å². The van der Waals surface area contributed by atoms with Crippen LogP contribution in [0.4, 0.5) is 5.69 Å². The van der Waals surface area contributed by atoms with Gasteiger partial charge in [0.2, 0.25) is 5.91 Å². The Morgan fingerprint density at radius 1 is 1.25 bits per heavy atom. The summed E-state index contributed by atoms with van der Waals surface area (Å²) in [5.74, 6) is 0.151. The fourth-order valence-corrected chi connectivity index (χ4v) is 5.64. The van der Waals surface area contributed by atoms with E-state index in [-0.39, 0.29) is 11.9 Å². The topological polar surface area (TPSA) is 36.4 Å². The predicted octanol–water partition coefficient (Wildman–Crippen LogP) is 5.21. The maximum atomic E-state index is 13.2. The lowest BCUT2D eigenvalue weighted by Crippen LogP contribution is -2.40. The van der Waals surface area contributed by atoms with E-state index in [1.807, 2.05) is 54.0 Å². The zero-order valence-electron chi connectivity index (χ0n) is 16.5. The molecule has 6 heteroatoms. The van der Waals surface area contributed by atoms with Gasteiger partial charge in [0.1, 0.15) is 5.01 Å². The number of nitrogens with zero attached hydrogens (tertiary/aromatic N) is 3. The highest BCUT2D eigenvalue weighted by Crippen LogP contribution is 2.37. The standard InChI is InChI=1S/C22H25N3OS2/c1-15-12-13-25(18-9-5-7-11-20(18)27-15)21(26)14-24(3)16(2)22-23-17-8-4-6-10-19(17)28-22/h4-11,15-16H,12-14H2,1-3H3. The molecule has 0 saturated heterocycles. The number of thiazole rings is 1. The van der Waals surface area contributed by atoms with E-state index in [0.717, 1.165) is 29.2 Å². The molecule has 0 N–H and O–H groups in total. The predicted molar refractivity (Wildman–Crippen MR) is 119 cm³/mol. The van der Waals surface area contributed by atoms with E-state index < -0.39 is 0 Å². The van der Waals surface area contributed by atoms with E-state index in [9.17, 15) is 4.79 Å². The molecule has 146 valence electrons. The van der Waals surface area contributed by atoms with Crippen LogP contribution in [0.15, 0.2) is 53.4 Å². The van der Waals surface area contributed by atoms with Gasteiger partial charge in [0.15, 0.2) is 0 Å². The summed E-state index contributed by atoms with van der Waals surface area (Å²) in [6, 6.07) is 16.5. The maximum absolute atomic E-state index is 13.2. The van der Waals surface area contributed by atoms with Crippen LogP contribution in [0.25, 0.3) is 10.2 Å². The number of likely N-dealkylation sites (N-methyl/N-ethyl adjacent to an activating group) is 1. The van der Waals surface area contributed by atoms with Gasteiger partial charge >= 0.3 is 0 Å². The average molecular weight is 412 g/mol. The smallest absolute Gasteiger partial charge is 0.241 e. The maximum Gasteiger partial charge on any atom is 0.241 e. The number of hydrogen-bond acceptors (Lipinski definition) is 5. The third kappa shape index (κ3) is 3.95. The first-order valence-corrected chi connectivity index (χ1v) is 11.3. The Morgan fingerprint density at radius 3 is 2.82 bits per heavy atom. The van der Waals surface area contributed by atoms with Crippen molar-refractivity contribution < 1.29 is 4.79 Å². The Morgan fingerprint density at radius 2 is 2.00 bits per heavy atom. The lowest BCUT2D eigenvalue weighted by atomic mass is 10.2. The second-order valence-electron chi connectivity index (χ2n) is 7.34. The molecule has 1 aromatic heterocycles. The Hall–Kier alpha value is -1.89. The van der Waals surface area contributed by atoms with Crippen molar-refractivity contribution in [2.45, 2.75) is 36.5 Å². The van der Waals surface area contributed by atoms with Crippen molar-refractivity contribution in [1.82, 2.24) is 9.88 Å². The van der Waals surface area contributed by atoms with E-state index >= 15 is 0 Å². The van der Waals surface area contributed by atoms with Gasteiger partial charge in [-0.15, -0.1) is 23.1 Å². The van der Waals surface area contributed by atoms with Crippen molar-refractivity contribution in [2.24, 2.45) is 0 Å². The third-order valence-electron chi connectivity index (χ3n) is 5.26. The number of anilines is 1. The average Bonchev–Trinajstić information content (AvgIpc) is 3.04. The van der Waals surface area contributed by atoms with Gasteiger partial charge in [0, 0.05) is 16.7 Å². The fraction of sp³-hybridized carbons (Fsp3) is 0.364. The van der Waals surface area contributed by atoms with Crippen LogP contribution in [-0.2, 0) is 4.79 Å². The molecule has 0 bridgehead atoms. The lowest BCUT2D eigenvalue weighted by molar-refractivity contribution is -0.119. The fourth-order valence-electron chi connectivity index (χ4n) is 3.44. The lowest BCUT2D eigenvalue weighted by Gasteiger charge is -2.27. The summed E-state index contributed by atoms with van der Waals surface area (Å²) in [6.45, 7) is 5.51. The second kappa shape index (κ2) is 8.23. The molecule has 28 heavy (non-hydrogen) atoms. The number of thioether (sulfide) groups is 1. The Bertz CT molecular complexity index is 954. The number of benzene rings is 2. The van der Waals surface area contributed by atoms with Crippen molar-refractivity contribution in [3.8, 4) is 0 Å². The molecular formula is C22H25N3OS2. The molecule has 1 amide bonds. The molecule has 0 radical (unpaired) electrons. The van der Waals surface area contributed by atoms with Gasteiger partial charge < -0.3 is 4.90 Å². The summed E-state index contributed by atoms with van der Waals surface area (Å²) in [4.78, 5) is 23.2. The Balaban J connectivity index is 1.51. The van der Waals surface area contributed by atoms with Gasteiger partial charge in [0.05, 0.1) is 28.5 Å². The quantitative estimate of drug-likeness (QED) is 0.591. The van der Waals surface area contributed by atoms with Gasteiger partial charge in [-0.05, 0) is 44.7 Å². The minimum absolute atomic E-state index is 0.0943. The van der Waals surface area contributed by atoms with Crippen LogP contribution >= 0.6 is 23.1 Å². The number of carbonyl (C=O) groups is 1. The van der Waals surface area contributed by atoms with E-state index in [1.54, 1.807) is 11.3 Å². The summed E-state index contributed by atoms with van der Waals surface area (Å²) in [7, 11) is 2.01. The van der Waals surface area contributed by atoms with Crippen LogP contribution in [0.1, 0.15) is 31.3 Å². The number of para-hydroxylation sites is 2. The van der Waals surface area contributed by atoms with Crippen molar-refractivity contribution in [2.75, 3.05) is 25.0 Å². The van der Waals surface area contributed by atoms with Gasteiger partial charge in [0.25, 0.3) is 0 Å². The number of amides is 1. The van der Waals surface area contributed by atoms with Crippen LogP contribution in [0, 0.1) is 0 Å². The first kappa shape index (κ1) is 19.4. The van der Waals surface area contributed by atoms with Crippen LogP contribution in [-0.4, -0.2) is 41.2 Å². The summed E-state index contributed by atoms with van der Waals surface area (Å²) < 4.78 is 1.19. The SMILES string of the molecule is CC1CCN(C(=O)CN(C)C(C)c2nc3ccccc3s2)c2ccccc2S1. The van der Waals surface area contributed by atoms with Crippen LogP contribution in [0.2, 0.25) is 0 Å². The number of rotatable bonds is 4. The molecular weight excluding hydrogens is 386 g/mol. The van der Waals surface area contributed by atoms with Crippen molar-refractivity contribution >= 4 is 44.9 Å². The number of fused-ring (bicyclic) bond motifs is 2. The number of aromatic nitrogens is 1. The van der Waals surface area contributed by atoms with Crippen molar-refractivity contribution in [3.63, 3.8) is 0 Å². The van der Waals surface area contributed by atoms with Crippen LogP contribution < -0.4 is 4.90 Å². The first-order valence-electron chi connectivity index (χ1n) is 9.64. The molecule has 0 fully saturated rings. The van der Waals surface area contributed by atoms with E-state index in [4.69, 9.17) is 4.98 Å². The zero-order chi connectivity index (χ0) is 19.7. The third-order valence-corrected chi connectivity index (χ3v) is 7.70. The second-order valence-corrected chi connectivity index (χ2v) is 9.88. The highest BCUT2D eigenvalue weighted by molar-refractivity contribution is 8.00. The highest BCUT2D eigenvalue weighted by Gasteiger charge is 2.26. The van der Waals surface area contributed by atoms with E-state index in [0.29, 0.717) is 11.8 Å². The molecule has 0 spiro atoms. The molecule has 2 unspecified atom stereocenters. The Labute approximate surface area is 174 Å². The largest absolute Gasteiger partial charge is 0.310 e. The first-order chi connectivity index (χ1) is 13.5. The van der Waals surface area contributed by atoms with Gasteiger partial charge in [-0.1, -0.05) is 31.2 Å². The minimum atomic E-state index is 0.0943. The molecule has 0 aliphatic carbocycles. The van der Waals surface area contributed by atoms with E-state index in [2.05, 4.69) is 36.9 Å². The molecule has 3 aromatic rings. The van der Waals surface area contributed by atoms with Gasteiger partial charge in [-0.25, -0.2) is 4.98 Å². The molecule has 2 aromatic carbocycles. The Kier molecular flexibility index (Phi) is 5.71. The number of hydrogen-bond donors (Lipinski definition) is 0. The summed E-state index contributed by atoms with van der Waals surface area (Å²) in [5.41, 5.74) is 2.07. The van der Waals surface area contributed by atoms with Gasteiger partial charge in [-0.2, -0.15) is 0 Å². The summed E-state index contributed by atoms with van der Waals surface area (Å²) in [6.07, 6.45) is 1.00. The monoisotopic (exact) mass is 411 g/mol. The molecule has 2 atom stereocenters. The molecule has 4 nitrogen and oxygen atoms in total. The normalized spacial score (nSPS) is 18.1. The highest BCUT2D eigenvalue weighted by atomic mass is 32.2. The number of carbonyl (C=O) groups excluding carboxylic acids is 1. The van der Waals surface area contributed by atoms with Crippen LogP contribution in [0.3, 0.4) is 0 Å². The summed E-state index contributed by atoms with van der Waals surface area (Å²) >= 11 is 3.57. The summed E-state index contributed by atoms with van der Waals surface area (Å²) in [5, 5.41) is 1.57. The molecule has 0 saturated carbocycles. The minimum Gasteiger partial charge on any atom is -0.310 e. The zero-order valence-corrected chi connectivity index (χ0v) is 18.1. The van der Waals surface area contributed by atoms with Crippen molar-refractivity contribution in [3.05, 3.63) is 53.5 Å². The molecule has 4 rings (SSSR count). The molecule has 2 heterocycles. The van der Waals surface area contributed by atoms with E-state index in [1.165, 1.54) is 9.60 Å².